The fourth-order valence-corrected chi connectivity index (χ4v) is 3.64. The summed E-state index contributed by atoms with van der Waals surface area (Å²) in [7, 11) is 0. The monoisotopic (exact) mass is 354 g/mol. The molecule has 22 heavy (non-hydrogen) atoms. The lowest BCUT2D eigenvalue weighted by Gasteiger charge is -2.08. The first kappa shape index (κ1) is 13.8. The molecule has 0 spiro atoms. The van der Waals surface area contributed by atoms with Crippen molar-refractivity contribution in [1.29, 1.82) is 0 Å². The average Bonchev–Trinajstić information content (AvgIpc) is 2.87. The molecule has 0 atom stereocenters. The highest BCUT2D eigenvalue weighted by Gasteiger charge is 2.20. The summed E-state index contributed by atoms with van der Waals surface area (Å²) in [4.78, 5) is 0. The van der Waals surface area contributed by atoms with E-state index in [-0.39, 0.29) is 6.61 Å². The quantitative estimate of drug-likeness (QED) is 0.535. The fourth-order valence-electron chi connectivity index (χ4n) is 3.28. The van der Waals surface area contributed by atoms with Gasteiger partial charge in [-0.05, 0) is 47.4 Å². The number of aliphatic hydroxyl groups is 1. The maximum atomic E-state index is 9.24. The van der Waals surface area contributed by atoms with Crippen LogP contribution in [0.25, 0.3) is 32.9 Å². The third-order valence-corrected chi connectivity index (χ3v) is 4.71. The van der Waals surface area contributed by atoms with Gasteiger partial charge < -0.3 is 9.52 Å². The van der Waals surface area contributed by atoms with Gasteiger partial charge in [0.05, 0.1) is 6.26 Å². The molecule has 1 heterocycles. The summed E-state index contributed by atoms with van der Waals surface area (Å²) in [6.45, 7) is 0.208. The topological polar surface area (TPSA) is 33.4 Å². The molecule has 2 aliphatic rings. The third-order valence-electron chi connectivity index (χ3n) is 4.21. The molecule has 1 aliphatic heterocycles. The number of hydrogen-bond donors (Lipinski definition) is 1. The van der Waals surface area contributed by atoms with Gasteiger partial charge in [0.2, 0.25) is 0 Å². The molecule has 4 rings (SSSR count). The normalized spacial score (nSPS) is 11.7. The number of rotatable bonds is 3. The molecule has 0 saturated carbocycles. The molecule has 2 nitrogen and oxygen atoms in total. The highest BCUT2D eigenvalue weighted by molar-refractivity contribution is 9.10. The molecule has 0 amide bonds. The van der Waals surface area contributed by atoms with Gasteiger partial charge in [-0.2, -0.15) is 0 Å². The van der Waals surface area contributed by atoms with Crippen molar-refractivity contribution >= 4 is 37.7 Å². The number of hydrogen-bond acceptors (Lipinski definition) is 2. The molecule has 0 aromatic heterocycles. The molecule has 1 aliphatic carbocycles. The van der Waals surface area contributed by atoms with Crippen LogP contribution in [0.15, 0.2) is 57.6 Å². The van der Waals surface area contributed by atoms with E-state index >= 15 is 0 Å². The van der Waals surface area contributed by atoms with E-state index < -0.39 is 0 Å². The second-order valence-corrected chi connectivity index (χ2v) is 6.43. The number of halogens is 1. The van der Waals surface area contributed by atoms with Crippen LogP contribution in [0.4, 0.5) is 0 Å². The van der Waals surface area contributed by atoms with Gasteiger partial charge in [0.25, 0.3) is 0 Å². The lowest BCUT2D eigenvalue weighted by atomic mass is 9.99. The van der Waals surface area contributed by atoms with Crippen molar-refractivity contribution in [2.75, 3.05) is 6.61 Å². The van der Waals surface area contributed by atoms with Gasteiger partial charge in [0, 0.05) is 27.6 Å². The second-order valence-electron chi connectivity index (χ2n) is 5.52. The van der Waals surface area contributed by atoms with Crippen molar-refractivity contribution in [3.05, 3.63) is 58.8 Å². The Morgan fingerprint density at radius 2 is 1.82 bits per heavy atom. The van der Waals surface area contributed by atoms with Crippen LogP contribution in [0.1, 0.15) is 12.0 Å². The molecule has 3 heteroatoms. The third kappa shape index (κ3) is 2.04. The summed E-state index contributed by atoms with van der Waals surface area (Å²) in [5, 5.41) is 12.8. The van der Waals surface area contributed by atoms with Gasteiger partial charge in [-0.25, -0.2) is 0 Å². The Labute approximate surface area is 136 Å². The molecule has 0 bridgehead atoms. The molecular weight excluding hydrogens is 340 g/mol. The first-order valence-electron chi connectivity index (χ1n) is 7.40. The molecule has 2 aromatic rings. The van der Waals surface area contributed by atoms with E-state index in [9.17, 15) is 5.11 Å². The summed E-state index contributed by atoms with van der Waals surface area (Å²) in [6, 6.07) is 14.5. The molecule has 0 radical (unpaired) electrons. The SMILES string of the molecule is OCCCc1c2c3cc(Br)ccc3occ-2c2ccccc12. The van der Waals surface area contributed by atoms with Crippen molar-refractivity contribution in [1.82, 2.24) is 0 Å². The standard InChI is InChI=1S/C19H15BrO2/c20-12-7-8-18-16(10-12)19-15(6-3-9-21)13-4-1-2-5-14(13)17(19)11-22-18/h1-2,4-5,7-8,10-11,21H,3,6,9H2. The lowest BCUT2D eigenvalue weighted by Crippen LogP contribution is -1.91. The van der Waals surface area contributed by atoms with Crippen LogP contribution >= 0.6 is 15.9 Å². The summed E-state index contributed by atoms with van der Waals surface area (Å²) in [6.07, 6.45) is 3.49. The van der Waals surface area contributed by atoms with Gasteiger partial charge in [-0.15, -0.1) is 0 Å². The Hall–Kier alpha value is -1.84. The van der Waals surface area contributed by atoms with Gasteiger partial charge in [-0.1, -0.05) is 40.2 Å². The van der Waals surface area contributed by atoms with E-state index in [4.69, 9.17) is 4.42 Å². The predicted molar refractivity (Wildman–Crippen MR) is 93.4 cm³/mol. The number of aryl methyl sites for hydroxylation is 1. The average molecular weight is 355 g/mol. The Morgan fingerprint density at radius 1 is 1.00 bits per heavy atom. The highest BCUT2D eigenvalue weighted by Crippen LogP contribution is 2.44. The number of aliphatic hydroxyl groups excluding tert-OH is 1. The minimum Gasteiger partial charge on any atom is -0.464 e. The van der Waals surface area contributed by atoms with Gasteiger partial charge in [0.15, 0.2) is 0 Å². The maximum absolute atomic E-state index is 9.24. The summed E-state index contributed by atoms with van der Waals surface area (Å²) >= 11 is 3.56. The zero-order chi connectivity index (χ0) is 15.1. The minimum atomic E-state index is 0.208. The van der Waals surface area contributed by atoms with Crippen LogP contribution in [0.3, 0.4) is 0 Å². The Balaban J connectivity index is 2.15. The molecule has 110 valence electrons. The van der Waals surface area contributed by atoms with E-state index in [1.807, 2.05) is 18.4 Å². The molecular formula is C19H15BrO2. The minimum absolute atomic E-state index is 0.208. The number of benzene rings is 2. The van der Waals surface area contributed by atoms with Crippen molar-refractivity contribution in [2.45, 2.75) is 12.8 Å². The number of fused-ring (bicyclic) bond motifs is 5. The van der Waals surface area contributed by atoms with Crippen LogP contribution in [0.2, 0.25) is 0 Å². The van der Waals surface area contributed by atoms with E-state index in [1.165, 1.54) is 21.9 Å². The molecule has 0 saturated heterocycles. The largest absolute Gasteiger partial charge is 0.464 e. The van der Waals surface area contributed by atoms with Gasteiger partial charge >= 0.3 is 0 Å². The van der Waals surface area contributed by atoms with Crippen LogP contribution < -0.4 is 0 Å². The maximum Gasteiger partial charge on any atom is 0.134 e. The Bertz CT molecular complexity index is 939. The summed E-state index contributed by atoms with van der Waals surface area (Å²) < 4.78 is 6.88. The van der Waals surface area contributed by atoms with E-state index in [0.29, 0.717) is 0 Å². The van der Waals surface area contributed by atoms with Crippen LogP contribution in [-0.4, -0.2) is 11.7 Å². The smallest absolute Gasteiger partial charge is 0.134 e. The van der Waals surface area contributed by atoms with Crippen LogP contribution in [-0.2, 0) is 6.42 Å². The lowest BCUT2D eigenvalue weighted by molar-refractivity contribution is 0.289. The molecule has 0 fully saturated rings. The van der Waals surface area contributed by atoms with E-state index in [2.05, 4.69) is 46.3 Å². The van der Waals surface area contributed by atoms with Gasteiger partial charge in [0.1, 0.15) is 5.58 Å². The highest BCUT2D eigenvalue weighted by atomic mass is 79.9. The predicted octanol–water partition coefficient (Wildman–Crippen LogP) is 5.38. The second kappa shape index (κ2) is 5.41. The zero-order valence-corrected chi connectivity index (χ0v) is 13.6. The molecule has 2 aromatic carbocycles. The Morgan fingerprint density at radius 3 is 2.64 bits per heavy atom. The van der Waals surface area contributed by atoms with E-state index in [0.717, 1.165) is 33.8 Å². The first-order valence-corrected chi connectivity index (χ1v) is 8.20. The fraction of sp³-hybridized carbons (Fsp3) is 0.158. The summed E-state index contributed by atoms with van der Waals surface area (Å²) in [5.74, 6) is 0. The first-order chi connectivity index (χ1) is 10.8. The molecule has 1 N–H and O–H groups in total. The van der Waals surface area contributed by atoms with Crippen LogP contribution in [0, 0.1) is 0 Å². The van der Waals surface area contributed by atoms with Crippen molar-refractivity contribution < 1.29 is 9.52 Å². The van der Waals surface area contributed by atoms with Gasteiger partial charge in [-0.3, -0.25) is 0 Å². The van der Waals surface area contributed by atoms with Crippen molar-refractivity contribution in [3.63, 3.8) is 0 Å². The Kier molecular flexibility index (Phi) is 3.40. The zero-order valence-electron chi connectivity index (χ0n) is 12.0. The van der Waals surface area contributed by atoms with Crippen molar-refractivity contribution in [3.8, 4) is 11.1 Å². The van der Waals surface area contributed by atoms with Crippen LogP contribution in [0.5, 0.6) is 0 Å². The van der Waals surface area contributed by atoms with E-state index in [1.54, 1.807) is 0 Å². The van der Waals surface area contributed by atoms with Crippen molar-refractivity contribution in [2.24, 2.45) is 0 Å². The summed E-state index contributed by atoms with van der Waals surface area (Å²) in [5.41, 5.74) is 4.58. The molecule has 0 unspecified atom stereocenters.